The lowest BCUT2D eigenvalue weighted by Gasteiger charge is -2.28. The molecule has 3 N–H and O–H groups in total. The van der Waals surface area contributed by atoms with Crippen LogP contribution in [0.1, 0.15) is 49.5 Å². The highest BCUT2D eigenvalue weighted by Crippen LogP contribution is 2.17. The summed E-state index contributed by atoms with van der Waals surface area (Å²) in [6, 6.07) is 5.42. The standard InChI is InChI=1S/C14H22N2O/c1-5-14(4,6-2)16-13(17)11-8-7-10(3)12(15)9-11/h7-9H,5-6,15H2,1-4H3,(H,16,17). The molecule has 1 rings (SSSR count). The third-order valence-electron chi connectivity index (χ3n) is 3.52. The zero-order valence-corrected chi connectivity index (χ0v) is 11.1. The molecule has 94 valence electrons. The van der Waals surface area contributed by atoms with Crippen LogP contribution in [0.2, 0.25) is 0 Å². The van der Waals surface area contributed by atoms with Crippen LogP contribution in [-0.4, -0.2) is 11.4 Å². The molecule has 0 aromatic heterocycles. The summed E-state index contributed by atoms with van der Waals surface area (Å²) in [5, 5.41) is 3.06. The van der Waals surface area contributed by atoms with Crippen molar-refractivity contribution < 1.29 is 4.79 Å². The summed E-state index contributed by atoms with van der Waals surface area (Å²) in [4.78, 5) is 12.1. The van der Waals surface area contributed by atoms with Gasteiger partial charge in [-0.05, 0) is 44.4 Å². The summed E-state index contributed by atoms with van der Waals surface area (Å²) < 4.78 is 0. The highest BCUT2D eigenvalue weighted by atomic mass is 16.1. The molecule has 1 amide bonds. The van der Waals surface area contributed by atoms with E-state index in [1.54, 1.807) is 6.07 Å². The summed E-state index contributed by atoms with van der Waals surface area (Å²) >= 11 is 0. The number of anilines is 1. The fraction of sp³-hybridized carbons (Fsp3) is 0.500. The number of aryl methyl sites for hydroxylation is 1. The molecule has 1 aromatic carbocycles. The Morgan fingerprint density at radius 3 is 2.41 bits per heavy atom. The van der Waals surface area contributed by atoms with Gasteiger partial charge in [-0.25, -0.2) is 0 Å². The van der Waals surface area contributed by atoms with Gasteiger partial charge < -0.3 is 11.1 Å². The molecule has 0 atom stereocenters. The normalized spacial score (nSPS) is 11.3. The second kappa shape index (κ2) is 5.21. The van der Waals surface area contributed by atoms with Gasteiger partial charge in [0.05, 0.1) is 0 Å². The quantitative estimate of drug-likeness (QED) is 0.787. The Morgan fingerprint density at radius 2 is 1.94 bits per heavy atom. The molecule has 17 heavy (non-hydrogen) atoms. The maximum atomic E-state index is 12.1. The number of hydrogen-bond donors (Lipinski definition) is 2. The van der Waals surface area contributed by atoms with Gasteiger partial charge in [0, 0.05) is 16.8 Å². The van der Waals surface area contributed by atoms with Gasteiger partial charge in [0.25, 0.3) is 5.91 Å². The Hall–Kier alpha value is -1.51. The lowest BCUT2D eigenvalue weighted by molar-refractivity contribution is 0.0901. The number of carbonyl (C=O) groups excluding carboxylic acids is 1. The van der Waals surface area contributed by atoms with Crippen LogP contribution in [0.15, 0.2) is 18.2 Å². The lowest BCUT2D eigenvalue weighted by Crippen LogP contribution is -2.44. The van der Waals surface area contributed by atoms with Crippen LogP contribution in [-0.2, 0) is 0 Å². The van der Waals surface area contributed by atoms with Crippen LogP contribution in [0.25, 0.3) is 0 Å². The molecule has 0 heterocycles. The van der Waals surface area contributed by atoms with E-state index in [4.69, 9.17) is 5.73 Å². The molecule has 0 fully saturated rings. The molecule has 0 radical (unpaired) electrons. The number of benzene rings is 1. The summed E-state index contributed by atoms with van der Waals surface area (Å²) in [5.74, 6) is -0.0529. The third kappa shape index (κ3) is 3.22. The van der Waals surface area contributed by atoms with Crippen molar-refractivity contribution >= 4 is 11.6 Å². The molecule has 0 saturated carbocycles. The van der Waals surface area contributed by atoms with Crippen molar-refractivity contribution in [1.29, 1.82) is 0 Å². The van der Waals surface area contributed by atoms with E-state index in [1.807, 2.05) is 19.1 Å². The summed E-state index contributed by atoms with van der Waals surface area (Å²) in [7, 11) is 0. The van der Waals surface area contributed by atoms with Crippen LogP contribution in [0, 0.1) is 6.92 Å². The SMILES string of the molecule is CCC(C)(CC)NC(=O)c1ccc(C)c(N)c1. The number of nitrogens with one attached hydrogen (secondary N) is 1. The summed E-state index contributed by atoms with van der Waals surface area (Å²) in [6.07, 6.45) is 1.83. The molecule has 0 aliphatic heterocycles. The minimum Gasteiger partial charge on any atom is -0.398 e. The molecule has 3 nitrogen and oxygen atoms in total. The molecule has 3 heteroatoms. The first-order valence-electron chi connectivity index (χ1n) is 6.10. The minimum atomic E-state index is -0.142. The van der Waals surface area contributed by atoms with Gasteiger partial charge in [-0.15, -0.1) is 0 Å². The second-order valence-corrected chi connectivity index (χ2v) is 4.79. The first-order chi connectivity index (χ1) is 7.91. The Bertz CT molecular complexity index is 409. The number of nitrogen functional groups attached to an aromatic ring is 1. The minimum absolute atomic E-state index is 0.0529. The van der Waals surface area contributed by atoms with Crippen LogP contribution >= 0.6 is 0 Å². The van der Waals surface area contributed by atoms with Gasteiger partial charge in [0.1, 0.15) is 0 Å². The molecular formula is C14H22N2O. The number of rotatable bonds is 4. The largest absolute Gasteiger partial charge is 0.398 e. The van der Waals surface area contributed by atoms with Gasteiger partial charge in [-0.1, -0.05) is 19.9 Å². The van der Waals surface area contributed by atoms with Crippen molar-refractivity contribution in [3.63, 3.8) is 0 Å². The lowest BCUT2D eigenvalue weighted by atomic mass is 9.95. The molecule has 0 unspecified atom stereocenters. The topological polar surface area (TPSA) is 55.1 Å². The van der Waals surface area contributed by atoms with E-state index in [2.05, 4.69) is 26.1 Å². The van der Waals surface area contributed by atoms with Crippen molar-refractivity contribution in [3.05, 3.63) is 29.3 Å². The van der Waals surface area contributed by atoms with Gasteiger partial charge in [-0.3, -0.25) is 4.79 Å². The molecule has 0 spiro atoms. The average molecular weight is 234 g/mol. The Labute approximate surface area is 103 Å². The highest BCUT2D eigenvalue weighted by Gasteiger charge is 2.22. The Morgan fingerprint density at radius 1 is 1.35 bits per heavy atom. The van der Waals surface area contributed by atoms with Gasteiger partial charge in [0.2, 0.25) is 0 Å². The predicted molar refractivity (Wildman–Crippen MR) is 72.0 cm³/mol. The van der Waals surface area contributed by atoms with Crippen LogP contribution < -0.4 is 11.1 Å². The van der Waals surface area contributed by atoms with E-state index in [9.17, 15) is 4.79 Å². The van der Waals surface area contributed by atoms with E-state index in [0.29, 0.717) is 11.3 Å². The molecule has 0 bridgehead atoms. The number of amides is 1. The second-order valence-electron chi connectivity index (χ2n) is 4.79. The van der Waals surface area contributed by atoms with E-state index < -0.39 is 0 Å². The average Bonchev–Trinajstić information content (AvgIpc) is 2.32. The monoisotopic (exact) mass is 234 g/mol. The van der Waals surface area contributed by atoms with Crippen molar-refractivity contribution in [2.24, 2.45) is 0 Å². The van der Waals surface area contributed by atoms with Crippen LogP contribution in [0.5, 0.6) is 0 Å². The maximum absolute atomic E-state index is 12.1. The number of hydrogen-bond acceptors (Lipinski definition) is 2. The first-order valence-corrected chi connectivity index (χ1v) is 6.10. The Kier molecular flexibility index (Phi) is 4.16. The van der Waals surface area contributed by atoms with Crippen LogP contribution in [0.3, 0.4) is 0 Å². The zero-order chi connectivity index (χ0) is 13.1. The fourth-order valence-electron chi connectivity index (χ4n) is 1.55. The van der Waals surface area contributed by atoms with Gasteiger partial charge >= 0.3 is 0 Å². The van der Waals surface area contributed by atoms with Gasteiger partial charge in [0.15, 0.2) is 0 Å². The molecule has 0 aliphatic rings. The summed E-state index contributed by atoms with van der Waals surface area (Å²) in [6.45, 7) is 8.14. The van der Waals surface area contributed by atoms with Crippen molar-refractivity contribution in [2.45, 2.75) is 46.1 Å². The van der Waals surface area contributed by atoms with Crippen LogP contribution in [0.4, 0.5) is 5.69 Å². The first kappa shape index (κ1) is 13.6. The smallest absolute Gasteiger partial charge is 0.251 e. The predicted octanol–water partition coefficient (Wildman–Crippen LogP) is 2.89. The van der Waals surface area contributed by atoms with E-state index >= 15 is 0 Å². The number of carbonyl (C=O) groups is 1. The maximum Gasteiger partial charge on any atom is 0.251 e. The Balaban J connectivity index is 2.86. The van der Waals surface area contributed by atoms with E-state index in [0.717, 1.165) is 18.4 Å². The molecule has 0 aliphatic carbocycles. The van der Waals surface area contributed by atoms with Crippen molar-refractivity contribution in [3.8, 4) is 0 Å². The zero-order valence-electron chi connectivity index (χ0n) is 11.1. The highest BCUT2D eigenvalue weighted by molar-refractivity contribution is 5.95. The van der Waals surface area contributed by atoms with Crippen molar-refractivity contribution in [2.75, 3.05) is 5.73 Å². The fourth-order valence-corrected chi connectivity index (χ4v) is 1.55. The van der Waals surface area contributed by atoms with Gasteiger partial charge in [-0.2, -0.15) is 0 Å². The van der Waals surface area contributed by atoms with E-state index in [1.165, 1.54) is 0 Å². The molecule has 1 aromatic rings. The molecule has 0 saturated heterocycles. The van der Waals surface area contributed by atoms with E-state index in [-0.39, 0.29) is 11.4 Å². The van der Waals surface area contributed by atoms with Crippen molar-refractivity contribution in [1.82, 2.24) is 5.32 Å². The molecular weight excluding hydrogens is 212 g/mol. The third-order valence-corrected chi connectivity index (χ3v) is 3.52. The summed E-state index contributed by atoms with van der Waals surface area (Å²) in [5.41, 5.74) is 7.95. The number of nitrogens with two attached hydrogens (primary N) is 1.